The quantitative estimate of drug-likeness (QED) is 0.390. The van der Waals surface area contributed by atoms with E-state index in [0.29, 0.717) is 0 Å². The Balaban J connectivity index is 3.86. The second-order valence-electron chi connectivity index (χ2n) is 1.71. The molecule has 4 N–H and O–H groups in total. The number of aliphatic hydroxyl groups is 4. The lowest BCUT2D eigenvalue weighted by atomic mass is 10.0. The van der Waals surface area contributed by atoms with E-state index in [4.69, 9.17) is 16.7 Å². The summed E-state index contributed by atoms with van der Waals surface area (Å²) in [6.45, 7) is -3.69. The van der Waals surface area contributed by atoms with Gasteiger partial charge in [0, 0.05) is 4.11 Å². The van der Waals surface area contributed by atoms with E-state index < -0.39 is 37.4 Å². The van der Waals surface area contributed by atoms with Gasteiger partial charge in [0.1, 0.15) is 18.2 Å². The molecule has 5 nitrogen and oxygen atoms in total. The molecule has 0 unspecified atom stereocenters. The average Bonchev–Trinajstić information content (AvgIpc) is 2.49. The molecule has 0 radical (unpaired) electrons. The van der Waals surface area contributed by atoms with E-state index >= 15 is 0 Å². The first-order chi connectivity index (χ1) is 10.2. The molecule has 0 aromatic carbocycles. The van der Waals surface area contributed by atoms with Gasteiger partial charge in [0.15, 0.2) is 6.27 Å². The van der Waals surface area contributed by atoms with Gasteiger partial charge < -0.3 is 25.2 Å². The molecule has 0 aromatic heterocycles. The third-order valence-corrected chi connectivity index (χ3v) is 0.999. The van der Waals surface area contributed by atoms with Gasteiger partial charge in [-0.2, -0.15) is 0 Å². The normalized spacial score (nSPS) is 103. The van der Waals surface area contributed by atoms with E-state index in [-0.39, 0.29) is 0 Å². The van der Waals surface area contributed by atoms with Crippen LogP contribution in [-0.2, 0) is 4.74 Å². The largest absolute Gasteiger partial charge is 0.388 e. The summed E-state index contributed by atoms with van der Waals surface area (Å²) in [5.41, 5.74) is 0. The zero-order chi connectivity index (χ0) is 18.5. The molecule has 11 heavy (non-hydrogen) atoms. The van der Waals surface area contributed by atoms with Crippen LogP contribution in [0.2, 0.25) is 0 Å². The molecule has 1 rings (SSSR count). The van der Waals surface area contributed by atoms with Crippen LogP contribution in [0.4, 0.5) is 0 Å². The second kappa shape index (κ2) is 3.04. The lowest BCUT2D eigenvalue weighted by Gasteiger charge is -2.36. The fourth-order valence-electron chi connectivity index (χ4n) is 0.484. The molecule has 5 atom stereocenters. The molecule has 66 valence electrons. The Labute approximate surface area is 81.1 Å². The standard InChI is InChI=1S/C6H12O5/c1-2-3(7)4(8)5(9)6(10)11-2/h2-10H,1H3/t2-,3+,4+,5-,6+/m0/s1/i1D3,2D,3D,4D,5D,6D,7D,8D,9D,10D. The number of hydrogen-bond acceptors (Lipinski definition) is 5. The van der Waals surface area contributed by atoms with Crippen molar-refractivity contribution in [2.24, 2.45) is 0 Å². The molecular weight excluding hydrogens is 152 g/mol. The number of ether oxygens (including phenoxy) is 1. The van der Waals surface area contributed by atoms with Crippen LogP contribution in [0.3, 0.4) is 0 Å². The summed E-state index contributed by atoms with van der Waals surface area (Å²) < 4.78 is 92.4. The summed E-state index contributed by atoms with van der Waals surface area (Å²) >= 11 is 0. The Hall–Kier alpha value is -0.200. The van der Waals surface area contributed by atoms with E-state index in [1.807, 2.05) is 0 Å². The summed E-state index contributed by atoms with van der Waals surface area (Å²) in [5, 5.41) is 15.1. The molecule has 1 heterocycles. The first kappa shape index (κ1) is 2.00. The minimum Gasteiger partial charge on any atom is -0.388 e. The van der Waals surface area contributed by atoms with Gasteiger partial charge in [-0.3, -0.25) is 0 Å². The molecule has 1 fully saturated rings. The smallest absolute Gasteiger partial charge is 0.213 e. The first-order valence-corrected chi connectivity index (χ1v) is 2.47. The molecule has 5 heteroatoms. The topological polar surface area (TPSA) is 90.2 Å². The second-order valence-corrected chi connectivity index (χ2v) is 1.71. The van der Waals surface area contributed by atoms with Crippen LogP contribution in [-0.4, -0.2) is 56.7 Å². The molecule has 0 spiro atoms. The predicted molar refractivity (Wildman–Crippen MR) is 34.6 cm³/mol. The van der Waals surface area contributed by atoms with Crippen molar-refractivity contribution in [3.63, 3.8) is 0 Å². The van der Waals surface area contributed by atoms with E-state index in [1.165, 1.54) is 0 Å². The van der Waals surface area contributed by atoms with Crippen molar-refractivity contribution in [2.75, 3.05) is 0 Å². The maximum atomic E-state index is 7.86. The summed E-state index contributed by atoms with van der Waals surface area (Å²) in [6.07, 6.45) is -18.8. The molecule has 1 saturated heterocycles. The maximum absolute atomic E-state index is 7.86. The lowest BCUT2D eigenvalue weighted by molar-refractivity contribution is -0.277. The molecule has 0 saturated carbocycles. The van der Waals surface area contributed by atoms with Gasteiger partial charge >= 0.3 is 0 Å². The minimum atomic E-state index is -3.82. The summed E-state index contributed by atoms with van der Waals surface area (Å²) in [4.78, 5) is 0. The Bertz CT molecular complexity index is 464. The molecule has 0 amide bonds. The predicted octanol–water partition coefficient (Wildman–Crippen LogP) is -2.19. The van der Waals surface area contributed by atoms with Crippen LogP contribution in [0.25, 0.3) is 0 Å². The van der Waals surface area contributed by atoms with Gasteiger partial charge in [-0.15, -0.1) is 0 Å². The minimum absolute atomic E-state index is 3.68. The Morgan fingerprint density at radius 1 is 1.27 bits per heavy atom. The van der Waals surface area contributed by atoms with Crippen molar-refractivity contribution >= 4 is 0 Å². The lowest BCUT2D eigenvalue weighted by Crippen LogP contribution is -2.56. The SMILES string of the molecule is [2H]O[C@]1([2H])O[C@@]([2H])(C([2H])([2H])[2H])[C@@]([2H])(O[2H])[C@@]([2H])(O[2H])[C@]1([2H])O[2H]. The molecule has 1 aliphatic rings. The van der Waals surface area contributed by atoms with Gasteiger partial charge in [0.25, 0.3) is 0 Å². The Morgan fingerprint density at radius 3 is 2.64 bits per heavy atom. The van der Waals surface area contributed by atoms with Gasteiger partial charge in [-0.1, -0.05) is 0 Å². The fraction of sp³-hybridized carbons (Fsp3) is 1.00. The van der Waals surface area contributed by atoms with Crippen LogP contribution >= 0.6 is 0 Å². The van der Waals surface area contributed by atoms with Gasteiger partial charge in [0.2, 0.25) is 5.72 Å². The van der Waals surface area contributed by atoms with E-state index in [2.05, 4.69) is 25.2 Å². The summed E-state index contributed by atoms with van der Waals surface area (Å²) in [6, 6.07) is 0. The third kappa shape index (κ3) is 1.52. The van der Waals surface area contributed by atoms with E-state index in [1.54, 1.807) is 0 Å². The molecule has 0 aromatic rings. The average molecular weight is 176 g/mol. The van der Waals surface area contributed by atoms with Crippen LogP contribution < -0.4 is 0 Å². The Kier molecular flexibility index (Phi) is 0.551. The van der Waals surface area contributed by atoms with Crippen LogP contribution in [0.15, 0.2) is 0 Å². The highest BCUT2D eigenvalue weighted by Crippen LogP contribution is 2.18. The van der Waals surface area contributed by atoms with Crippen molar-refractivity contribution in [2.45, 2.75) is 37.4 Å². The van der Waals surface area contributed by atoms with Crippen molar-refractivity contribution in [3.05, 3.63) is 0 Å². The van der Waals surface area contributed by atoms with Crippen LogP contribution in [0.5, 0.6) is 0 Å². The fourth-order valence-corrected chi connectivity index (χ4v) is 0.484. The van der Waals surface area contributed by atoms with Gasteiger partial charge in [-0.25, -0.2) is 0 Å². The highest BCUT2D eigenvalue weighted by molar-refractivity contribution is 4.86. The molecule has 0 bridgehead atoms. The van der Waals surface area contributed by atoms with E-state index in [0.717, 1.165) is 0 Å². The third-order valence-electron chi connectivity index (χ3n) is 0.999. The summed E-state index contributed by atoms with van der Waals surface area (Å²) in [5.74, 6) is 0. The van der Waals surface area contributed by atoms with Crippen LogP contribution in [0.1, 0.15) is 17.8 Å². The highest BCUT2D eigenvalue weighted by atomic mass is 16.6. The van der Waals surface area contributed by atoms with Crippen LogP contribution in [0, 0.1) is 0 Å². The first-order valence-electron chi connectivity index (χ1n) is 8.11. The summed E-state index contributed by atoms with van der Waals surface area (Å²) in [7, 11) is 0. The zero-order valence-electron chi connectivity index (χ0n) is 17.0. The molecule has 0 aliphatic carbocycles. The monoisotopic (exact) mass is 176 g/mol. The maximum Gasteiger partial charge on any atom is 0.213 e. The zero-order valence-corrected chi connectivity index (χ0v) is 5.04. The van der Waals surface area contributed by atoms with Gasteiger partial charge in [0.05, 0.1) is 12.9 Å². The Morgan fingerprint density at radius 2 is 2.09 bits per heavy atom. The van der Waals surface area contributed by atoms with E-state index in [9.17, 15) is 0 Å². The number of hydrogen-bond donors (Lipinski definition) is 4. The molecule has 1 aliphatic heterocycles. The van der Waals surface area contributed by atoms with Crippen molar-refractivity contribution in [1.82, 2.24) is 0 Å². The van der Waals surface area contributed by atoms with Crippen molar-refractivity contribution in [3.8, 4) is 0 Å². The highest BCUT2D eigenvalue weighted by Gasteiger charge is 2.40. The van der Waals surface area contributed by atoms with Crippen molar-refractivity contribution in [1.29, 1.82) is 5.72 Å². The molecular formula is C6H12O5. The van der Waals surface area contributed by atoms with Crippen molar-refractivity contribution < 1.29 is 36.1 Å². The number of rotatable bonds is 4. The van der Waals surface area contributed by atoms with Gasteiger partial charge in [-0.05, 0) is 6.85 Å².